The molecule has 2 heterocycles. The molecular formula is C31H34N6O4. The number of nitrogens with zero attached hydrogens (tertiary/aromatic N) is 3. The van der Waals surface area contributed by atoms with Crippen LogP contribution in [-0.2, 0) is 6.54 Å². The van der Waals surface area contributed by atoms with Crippen molar-refractivity contribution in [2.75, 3.05) is 45.2 Å². The standard InChI is InChI=1S/C31H34N6O4/c1-22-8-6-7-11-26(22)37-27(23-9-4-3-5-10-23)28(29(38)35-19-16-32-17-20-35)36(31(37)40)21-18-33-30(39)34-24-12-14-25(41-2)15-13-24/h3-15,32H,16-21H2,1-2H3,(H2,33,34,39). The van der Waals surface area contributed by atoms with Crippen LogP contribution in [0.2, 0.25) is 0 Å². The molecule has 0 atom stereocenters. The smallest absolute Gasteiger partial charge is 0.333 e. The number of anilines is 1. The fraction of sp³-hybridized carbons (Fsp3) is 0.258. The molecule has 212 valence electrons. The Morgan fingerprint density at radius 3 is 2.29 bits per heavy atom. The van der Waals surface area contributed by atoms with Crippen LogP contribution in [0.5, 0.6) is 5.75 Å². The third-order valence-corrected chi connectivity index (χ3v) is 7.12. The number of imidazole rings is 1. The van der Waals surface area contributed by atoms with E-state index in [-0.39, 0.29) is 24.7 Å². The molecule has 0 spiro atoms. The van der Waals surface area contributed by atoms with Crippen LogP contribution in [0.4, 0.5) is 10.5 Å². The lowest BCUT2D eigenvalue weighted by atomic mass is 10.1. The summed E-state index contributed by atoms with van der Waals surface area (Å²) in [5.41, 5.74) is 3.48. The summed E-state index contributed by atoms with van der Waals surface area (Å²) in [6.45, 7) is 4.64. The molecule has 1 fully saturated rings. The van der Waals surface area contributed by atoms with E-state index in [1.165, 1.54) is 4.57 Å². The first-order valence-corrected chi connectivity index (χ1v) is 13.6. The normalized spacial score (nSPS) is 13.1. The molecule has 5 rings (SSSR count). The van der Waals surface area contributed by atoms with Crippen molar-refractivity contribution < 1.29 is 14.3 Å². The Morgan fingerprint density at radius 1 is 0.927 bits per heavy atom. The second-order valence-electron chi connectivity index (χ2n) is 9.77. The van der Waals surface area contributed by atoms with Crippen LogP contribution in [0.25, 0.3) is 16.9 Å². The number of urea groups is 1. The summed E-state index contributed by atoms with van der Waals surface area (Å²) in [7, 11) is 1.58. The number of aryl methyl sites for hydroxylation is 1. The molecule has 10 heteroatoms. The number of rotatable bonds is 8. The molecule has 10 nitrogen and oxygen atoms in total. The molecule has 0 bridgehead atoms. The van der Waals surface area contributed by atoms with E-state index in [1.54, 1.807) is 40.8 Å². The second kappa shape index (κ2) is 12.6. The molecule has 41 heavy (non-hydrogen) atoms. The van der Waals surface area contributed by atoms with E-state index < -0.39 is 6.03 Å². The van der Waals surface area contributed by atoms with Crippen molar-refractivity contribution in [3.8, 4) is 22.7 Å². The molecule has 0 saturated carbocycles. The number of hydrogen-bond acceptors (Lipinski definition) is 5. The van der Waals surface area contributed by atoms with Gasteiger partial charge in [0.2, 0.25) is 0 Å². The van der Waals surface area contributed by atoms with Gasteiger partial charge in [-0.15, -0.1) is 0 Å². The molecule has 0 aliphatic carbocycles. The summed E-state index contributed by atoms with van der Waals surface area (Å²) in [4.78, 5) is 42.7. The Hall–Kier alpha value is -4.83. The highest BCUT2D eigenvalue weighted by Gasteiger charge is 2.31. The van der Waals surface area contributed by atoms with Gasteiger partial charge in [-0.2, -0.15) is 0 Å². The van der Waals surface area contributed by atoms with Crippen molar-refractivity contribution in [3.05, 3.63) is 101 Å². The largest absolute Gasteiger partial charge is 0.497 e. The highest BCUT2D eigenvalue weighted by Crippen LogP contribution is 2.28. The van der Waals surface area contributed by atoms with Crippen molar-refractivity contribution in [1.82, 2.24) is 24.7 Å². The topological polar surface area (TPSA) is 110 Å². The number of amides is 3. The summed E-state index contributed by atoms with van der Waals surface area (Å²) in [6, 6.07) is 23.7. The molecule has 0 unspecified atom stereocenters. The Balaban J connectivity index is 1.52. The zero-order valence-electron chi connectivity index (χ0n) is 23.2. The molecule has 3 amide bonds. The Bertz CT molecular complexity index is 1570. The number of benzene rings is 3. The molecule has 1 saturated heterocycles. The zero-order valence-corrected chi connectivity index (χ0v) is 23.2. The predicted octanol–water partition coefficient (Wildman–Crippen LogP) is 3.49. The van der Waals surface area contributed by atoms with E-state index in [0.717, 1.165) is 11.1 Å². The number of piperazine rings is 1. The summed E-state index contributed by atoms with van der Waals surface area (Å²) in [5.74, 6) is 0.474. The quantitative estimate of drug-likeness (QED) is 0.309. The number of carbonyl (C=O) groups is 2. The second-order valence-corrected chi connectivity index (χ2v) is 9.77. The molecule has 1 aromatic heterocycles. The molecule has 3 aromatic carbocycles. The van der Waals surface area contributed by atoms with Crippen molar-refractivity contribution in [2.45, 2.75) is 13.5 Å². The van der Waals surface area contributed by atoms with Crippen LogP contribution in [0.3, 0.4) is 0 Å². The summed E-state index contributed by atoms with van der Waals surface area (Å²) in [6.07, 6.45) is 0. The Morgan fingerprint density at radius 2 is 1.61 bits per heavy atom. The van der Waals surface area contributed by atoms with Crippen LogP contribution in [0, 0.1) is 6.92 Å². The van der Waals surface area contributed by atoms with Crippen molar-refractivity contribution in [2.24, 2.45) is 0 Å². The molecule has 1 aliphatic rings. The van der Waals surface area contributed by atoms with Gasteiger partial charge in [0.1, 0.15) is 11.4 Å². The summed E-state index contributed by atoms with van der Waals surface area (Å²) >= 11 is 0. The van der Waals surface area contributed by atoms with Crippen molar-refractivity contribution in [3.63, 3.8) is 0 Å². The van der Waals surface area contributed by atoms with Gasteiger partial charge in [0.25, 0.3) is 5.91 Å². The summed E-state index contributed by atoms with van der Waals surface area (Å²) in [5, 5.41) is 8.87. The van der Waals surface area contributed by atoms with E-state index in [1.807, 2.05) is 61.5 Å². The monoisotopic (exact) mass is 554 g/mol. The maximum atomic E-state index is 14.2. The van der Waals surface area contributed by atoms with Crippen LogP contribution in [0.15, 0.2) is 83.7 Å². The molecule has 4 aromatic rings. The maximum Gasteiger partial charge on any atom is 0.333 e. The first kappa shape index (κ1) is 27.7. The van der Waals surface area contributed by atoms with Gasteiger partial charge in [-0.3, -0.25) is 13.9 Å². The van der Waals surface area contributed by atoms with Crippen LogP contribution >= 0.6 is 0 Å². The van der Waals surface area contributed by atoms with Crippen LogP contribution < -0.4 is 26.4 Å². The van der Waals surface area contributed by atoms with Crippen LogP contribution in [0.1, 0.15) is 16.1 Å². The Kier molecular flexibility index (Phi) is 8.50. The number of aromatic nitrogens is 2. The van der Waals surface area contributed by atoms with Gasteiger partial charge in [0.15, 0.2) is 0 Å². The first-order chi connectivity index (χ1) is 20.0. The van der Waals surface area contributed by atoms with Gasteiger partial charge in [0.05, 0.1) is 18.5 Å². The molecule has 1 aliphatic heterocycles. The minimum atomic E-state index is -0.417. The van der Waals surface area contributed by atoms with E-state index in [2.05, 4.69) is 16.0 Å². The Labute approximate surface area is 238 Å². The third-order valence-electron chi connectivity index (χ3n) is 7.12. The zero-order chi connectivity index (χ0) is 28.8. The van der Waals surface area contributed by atoms with E-state index >= 15 is 0 Å². The first-order valence-electron chi connectivity index (χ1n) is 13.6. The molecule has 0 radical (unpaired) electrons. The lowest BCUT2D eigenvalue weighted by molar-refractivity contribution is 0.0725. The van der Waals surface area contributed by atoms with Gasteiger partial charge < -0.3 is 25.6 Å². The van der Waals surface area contributed by atoms with Gasteiger partial charge in [-0.1, -0.05) is 48.5 Å². The van der Waals surface area contributed by atoms with Gasteiger partial charge in [-0.25, -0.2) is 9.59 Å². The number of para-hydroxylation sites is 1. The number of carbonyl (C=O) groups excluding carboxylic acids is 2. The molecular weight excluding hydrogens is 520 g/mol. The maximum absolute atomic E-state index is 14.2. The number of methoxy groups -OCH3 is 1. The third kappa shape index (κ3) is 6.02. The highest BCUT2D eigenvalue weighted by molar-refractivity contribution is 5.99. The van der Waals surface area contributed by atoms with E-state index in [9.17, 15) is 14.4 Å². The number of hydrogen-bond donors (Lipinski definition) is 3. The highest BCUT2D eigenvalue weighted by atomic mass is 16.5. The van der Waals surface area contributed by atoms with Gasteiger partial charge in [-0.05, 0) is 42.8 Å². The average Bonchev–Trinajstić information content (AvgIpc) is 3.29. The number of nitrogens with one attached hydrogen (secondary N) is 3. The van der Waals surface area contributed by atoms with Crippen molar-refractivity contribution in [1.29, 1.82) is 0 Å². The minimum absolute atomic E-state index is 0.112. The van der Waals surface area contributed by atoms with Gasteiger partial charge >= 0.3 is 11.7 Å². The average molecular weight is 555 g/mol. The SMILES string of the molecule is COc1ccc(NC(=O)NCCn2c(C(=O)N3CCNCC3)c(-c3ccccc3)n(-c3ccccc3C)c2=O)cc1. The van der Waals surface area contributed by atoms with Gasteiger partial charge in [0, 0.05) is 50.5 Å². The van der Waals surface area contributed by atoms with E-state index in [4.69, 9.17) is 4.74 Å². The fourth-order valence-corrected chi connectivity index (χ4v) is 5.02. The fourth-order valence-electron chi connectivity index (χ4n) is 5.02. The number of ether oxygens (including phenoxy) is 1. The lowest BCUT2D eigenvalue weighted by Gasteiger charge is -2.28. The van der Waals surface area contributed by atoms with E-state index in [0.29, 0.717) is 54.7 Å². The van der Waals surface area contributed by atoms with Crippen molar-refractivity contribution >= 4 is 17.6 Å². The molecule has 3 N–H and O–H groups in total. The summed E-state index contributed by atoms with van der Waals surface area (Å²) < 4.78 is 8.27. The lowest BCUT2D eigenvalue weighted by Crippen LogP contribution is -2.47. The predicted molar refractivity (Wildman–Crippen MR) is 159 cm³/mol. The van der Waals surface area contributed by atoms with Crippen LogP contribution in [-0.4, -0.2) is 65.8 Å². The minimum Gasteiger partial charge on any atom is -0.497 e.